The van der Waals surface area contributed by atoms with Crippen LogP contribution in [0.2, 0.25) is 5.02 Å². The van der Waals surface area contributed by atoms with Crippen molar-refractivity contribution in [1.29, 1.82) is 0 Å². The van der Waals surface area contributed by atoms with Gasteiger partial charge < -0.3 is 5.32 Å². The van der Waals surface area contributed by atoms with Crippen molar-refractivity contribution >= 4 is 58.2 Å². The summed E-state index contributed by atoms with van der Waals surface area (Å²) in [6, 6.07) is 24.0. The Kier molecular flexibility index (Phi) is 6.86. The number of rotatable bonds is 5. The highest BCUT2D eigenvalue weighted by atomic mass is 35.5. The fraction of sp³-hybridized carbons (Fsp3) is 0.206. The van der Waals surface area contributed by atoms with Crippen molar-refractivity contribution in [3.8, 4) is 0 Å². The number of anilines is 1. The van der Waals surface area contributed by atoms with Gasteiger partial charge in [-0.25, -0.2) is 0 Å². The highest BCUT2D eigenvalue weighted by Crippen LogP contribution is 2.69. The molecule has 0 aromatic heterocycles. The molecular formula is C34H22Cl3F3N2O3. The van der Waals surface area contributed by atoms with E-state index in [4.69, 9.17) is 34.8 Å². The molecule has 3 atom stereocenters. The van der Waals surface area contributed by atoms with Crippen LogP contribution in [0.15, 0.2) is 97.1 Å². The van der Waals surface area contributed by atoms with Crippen molar-refractivity contribution < 1.29 is 27.6 Å². The molecule has 2 bridgehead atoms. The standard InChI is InChI=1S/C34H22Cl3F3N2O3/c35-24-15-14-19(34(38,39)40)17-25(24)41-29(43)26(16-18-8-2-1-3-9-18)42-30(44)27-28(31(42)45)33(37)21-11-5-4-10-20(21)32(27,36)22-12-6-7-13-23(22)33/h1-15,17,26-28H,16H2,(H,41,43)/t26-,27-,28-,32?,33?/m0/s1. The van der Waals surface area contributed by atoms with Gasteiger partial charge >= 0.3 is 6.18 Å². The van der Waals surface area contributed by atoms with E-state index in [1.54, 1.807) is 78.9 Å². The quantitative estimate of drug-likeness (QED) is 0.177. The molecule has 228 valence electrons. The minimum Gasteiger partial charge on any atom is -0.323 e. The monoisotopic (exact) mass is 668 g/mol. The molecule has 1 heterocycles. The first-order chi connectivity index (χ1) is 21.4. The first-order valence-corrected chi connectivity index (χ1v) is 15.2. The zero-order valence-electron chi connectivity index (χ0n) is 23.1. The number of nitrogens with zero attached hydrogens (tertiary/aromatic N) is 1. The van der Waals surface area contributed by atoms with Crippen molar-refractivity contribution in [3.05, 3.63) is 135 Å². The molecule has 1 N–H and O–H groups in total. The smallest absolute Gasteiger partial charge is 0.323 e. The Bertz CT molecular complexity index is 1780. The summed E-state index contributed by atoms with van der Waals surface area (Å²) in [5, 5.41) is 2.30. The number of alkyl halides is 5. The Hall–Kier alpha value is -3.85. The van der Waals surface area contributed by atoms with E-state index in [1.807, 2.05) is 0 Å². The van der Waals surface area contributed by atoms with E-state index in [0.717, 1.165) is 17.0 Å². The molecule has 11 heteroatoms. The third kappa shape index (κ3) is 4.26. The summed E-state index contributed by atoms with van der Waals surface area (Å²) in [5.74, 6) is -4.59. The summed E-state index contributed by atoms with van der Waals surface area (Å²) in [6.07, 6.45) is -4.82. The number of likely N-dealkylation sites (tertiary alicyclic amines) is 1. The summed E-state index contributed by atoms with van der Waals surface area (Å²) in [4.78, 5) is 41.1. The molecule has 1 fully saturated rings. The molecule has 4 aromatic rings. The predicted octanol–water partition coefficient (Wildman–Crippen LogP) is 7.50. The molecule has 0 spiro atoms. The van der Waals surface area contributed by atoms with Gasteiger partial charge in [-0.05, 0) is 46.0 Å². The van der Waals surface area contributed by atoms with Crippen LogP contribution in [-0.2, 0) is 36.7 Å². The number of benzene rings is 4. The summed E-state index contributed by atoms with van der Waals surface area (Å²) < 4.78 is 40.5. The van der Waals surface area contributed by atoms with Crippen LogP contribution in [0.1, 0.15) is 33.4 Å². The maximum atomic E-state index is 14.6. The molecule has 5 nitrogen and oxygen atoms in total. The van der Waals surface area contributed by atoms with Gasteiger partial charge in [0.15, 0.2) is 0 Å². The molecule has 45 heavy (non-hydrogen) atoms. The maximum Gasteiger partial charge on any atom is 0.416 e. The summed E-state index contributed by atoms with van der Waals surface area (Å²) in [5.41, 5.74) is 1.68. The second-order valence-electron chi connectivity index (χ2n) is 11.4. The molecule has 4 aromatic carbocycles. The van der Waals surface area contributed by atoms with Gasteiger partial charge in [0.1, 0.15) is 15.8 Å². The van der Waals surface area contributed by atoms with Crippen molar-refractivity contribution in [2.45, 2.75) is 28.4 Å². The van der Waals surface area contributed by atoms with E-state index in [2.05, 4.69) is 5.32 Å². The lowest BCUT2D eigenvalue weighted by Gasteiger charge is -2.54. The van der Waals surface area contributed by atoms with E-state index < -0.39 is 57.1 Å². The molecule has 0 radical (unpaired) electrons. The van der Waals surface area contributed by atoms with E-state index in [0.29, 0.717) is 33.9 Å². The van der Waals surface area contributed by atoms with Crippen LogP contribution in [0, 0.1) is 11.8 Å². The molecule has 1 aliphatic heterocycles. The largest absolute Gasteiger partial charge is 0.416 e. The lowest BCUT2D eigenvalue weighted by Crippen LogP contribution is -2.57. The number of nitrogens with one attached hydrogen (secondary N) is 1. The van der Waals surface area contributed by atoms with Crippen LogP contribution in [0.5, 0.6) is 0 Å². The second-order valence-corrected chi connectivity index (χ2v) is 13.0. The van der Waals surface area contributed by atoms with Gasteiger partial charge in [0.2, 0.25) is 17.7 Å². The van der Waals surface area contributed by atoms with Gasteiger partial charge in [0.05, 0.1) is 28.1 Å². The molecule has 4 aliphatic rings. The van der Waals surface area contributed by atoms with E-state index in [-0.39, 0.29) is 17.1 Å². The van der Waals surface area contributed by atoms with Gasteiger partial charge in [-0.2, -0.15) is 13.2 Å². The predicted molar refractivity (Wildman–Crippen MR) is 164 cm³/mol. The normalized spacial score (nSPS) is 25.4. The number of hydrogen-bond donors (Lipinski definition) is 1. The number of halogens is 6. The summed E-state index contributed by atoms with van der Waals surface area (Å²) >= 11 is 21.2. The maximum absolute atomic E-state index is 14.6. The number of imide groups is 1. The van der Waals surface area contributed by atoms with Crippen LogP contribution in [0.25, 0.3) is 0 Å². The molecule has 0 unspecified atom stereocenters. The Morgan fingerprint density at radius 1 is 0.778 bits per heavy atom. The highest BCUT2D eigenvalue weighted by Gasteiger charge is 2.73. The molecule has 8 rings (SSSR count). The Morgan fingerprint density at radius 2 is 1.24 bits per heavy atom. The van der Waals surface area contributed by atoms with Gasteiger partial charge in [-0.15, -0.1) is 23.2 Å². The first-order valence-electron chi connectivity index (χ1n) is 14.0. The Morgan fingerprint density at radius 3 is 1.71 bits per heavy atom. The van der Waals surface area contributed by atoms with Crippen LogP contribution >= 0.6 is 34.8 Å². The second kappa shape index (κ2) is 10.3. The first kappa shape index (κ1) is 29.8. The van der Waals surface area contributed by atoms with E-state index in [9.17, 15) is 27.6 Å². The minimum atomic E-state index is -4.70. The van der Waals surface area contributed by atoms with E-state index >= 15 is 0 Å². The van der Waals surface area contributed by atoms with Crippen molar-refractivity contribution in [3.63, 3.8) is 0 Å². The highest BCUT2D eigenvalue weighted by molar-refractivity contribution is 6.36. The molecule has 3 aliphatic carbocycles. The average Bonchev–Trinajstić information content (AvgIpc) is 3.30. The van der Waals surface area contributed by atoms with Gasteiger partial charge in [0, 0.05) is 6.42 Å². The average molecular weight is 670 g/mol. The molecule has 3 amide bonds. The molecular weight excluding hydrogens is 648 g/mol. The number of carbonyl (C=O) groups excluding carboxylic acids is 3. The lowest BCUT2D eigenvalue weighted by molar-refractivity contribution is -0.146. The third-order valence-corrected chi connectivity index (χ3v) is 10.7. The fourth-order valence-electron chi connectivity index (χ4n) is 7.15. The zero-order valence-corrected chi connectivity index (χ0v) is 25.4. The third-order valence-electron chi connectivity index (χ3n) is 9.06. The van der Waals surface area contributed by atoms with E-state index in [1.165, 1.54) is 0 Å². The van der Waals surface area contributed by atoms with Crippen LogP contribution in [0.4, 0.5) is 18.9 Å². The van der Waals surface area contributed by atoms with Gasteiger partial charge in [-0.3, -0.25) is 19.3 Å². The van der Waals surface area contributed by atoms with Crippen molar-refractivity contribution in [2.75, 3.05) is 5.32 Å². The summed E-state index contributed by atoms with van der Waals surface area (Å²) in [7, 11) is 0. The van der Waals surface area contributed by atoms with Gasteiger partial charge in [0.25, 0.3) is 0 Å². The zero-order chi connectivity index (χ0) is 31.9. The van der Waals surface area contributed by atoms with Crippen LogP contribution in [-0.4, -0.2) is 28.7 Å². The van der Waals surface area contributed by atoms with Crippen molar-refractivity contribution in [1.82, 2.24) is 4.90 Å². The Labute approximate surface area is 270 Å². The topological polar surface area (TPSA) is 66.5 Å². The fourth-order valence-corrected chi connectivity index (χ4v) is 8.41. The van der Waals surface area contributed by atoms with Crippen LogP contribution < -0.4 is 5.32 Å². The SMILES string of the molecule is O=C(Nc1cc(C(F)(F)F)ccc1Cl)[C@H](Cc1ccccc1)N1C(=O)[C@@H]2[C@@H](C1=O)C1(Cl)c3ccccc3C2(Cl)c2ccccc21. The number of hydrogen-bond acceptors (Lipinski definition) is 3. The molecule has 1 saturated heterocycles. The summed E-state index contributed by atoms with van der Waals surface area (Å²) in [6.45, 7) is 0. The molecule has 0 saturated carbocycles. The number of amides is 3. The Balaban J connectivity index is 1.35. The van der Waals surface area contributed by atoms with Crippen molar-refractivity contribution in [2.24, 2.45) is 11.8 Å². The lowest BCUT2D eigenvalue weighted by atomic mass is 9.54. The minimum absolute atomic E-state index is 0.120. The van der Waals surface area contributed by atoms with Crippen LogP contribution in [0.3, 0.4) is 0 Å². The van der Waals surface area contributed by atoms with Gasteiger partial charge in [-0.1, -0.05) is 90.5 Å². The number of carbonyl (C=O) groups is 3.